The van der Waals surface area contributed by atoms with Crippen LogP contribution in [0.5, 0.6) is 17.2 Å². The Kier molecular flexibility index (Phi) is 8.29. The molecule has 0 amide bonds. The molecule has 7 heteroatoms. The molecular weight excluding hydrogens is 463 g/mol. The minimum Gasteiger partial charge on any atom is -0.496 e. The lowest BCUT2D eigenvalue weighted by atomic mass is 10.2. The van der Waals surface area contributed by atoms with E-state index in [9.17, 15) is 4.39 Å². The number of nitrogens with zero attached hydrogens (tertiary/aromatic N) is 1. The number of methoxy groups -OCH3 is 1. The second-order valence-electron chi connectivity index (χ2n) is 6.58. The van der Waals surface area contributed by atoms with Gasteiger partial charge in [0.15, 0.2) is 11.5 Å². The summed E-state index contributed by atoms with van der Waals surface area (Å²) in [4.78, 5) is 0. The van der Waals surface area contributed by atoms with E-state index < -0.39 is 0 Å². The van der Waals surface area contributed by atoms with E-state index in [4.69, 9.17) is 14.2 Å². The second kappa shape index (κ2) is 11.4. The van der Waals surface area contributed by atoms with Crippen LogP contribution >= 0.6 is 15.9 Å². The number of halogens is 2. The highest BCUT2D eigenvalue weighted by molar-refractivity contribution is 9.10. The Morgan fingerprint density at radius 1 is 1.03 bits per heavy atom. The van der Waals surface area contributed by atoms with Crippen molar-refractivity contribution >= 4 is 22.1 Å². The van der Waals surface area contributed by atoms with Crippen molar-refractivity contribution in [1.29, 1.82) is 0 Å². The smallest absolute Gasteiger partial charge is 0.175 e. The summed E-state index contributed by atoms with van der Waals surface area (Å²) < 4.78 is 30.9. The van der Waals surface area contributed by atoms with Crippen LogP contribution in [-0.4, -0.2) is 19.9 Å². The molecule has 0 aliphatic rings. The van der Waals surface area contributed by atoms with Gasteiger partial charge in [-0.05, 0) is 64.3 Å². The summed E-state index contributed by atoms with van der Waals surface area (Å²) in [5.41, 5.74) is 5.76. The second-order valence-corrected chi connectivity index (χ2v) is 7.44. The lowest BCUT2D eigenvalue weighted by Crippen LogP contribution is -2.07. The van der Waals surface area contributed by atoms with Crippen LogP contribution in [0.4, 0.5) is 4.39 Å². The van der Waals surface area contributed by atoms with Gasteiger partial charge in [0.25, 0.3) is 0 Å². The summed E-state index contributed by atoms with van der Waals surface area (Å²) in [6, 6.07) is 17.8. The van der Waals surface area contributed by atoms with Crippen molar-refractivity contribution in [3.05, 3.63) is 87.6 Å². The molecule has 5 nitrogen and oxygen atoms in total. The predicted octanol–water partition coefficient (Wildman–Crippen LogP) is 5.70. The quantitative estimate of drug-likeness (QED) is 0.295. The summed E-state index contributed by atoms with van der Waals surface area (Å²) in [5, 5.41) is 4.30. The zero-order valence-corrected chi connectivity index (χ0v) is 19.0. The molecule has 3 aromatic rings. The molecule has 0 saturated carbocycles. The molecule has 0 aliphatic heterocycles. The highest BCUT2D eigenvalue weighted by atomic mass is 79.9. The van der Waals surface area contributed by atoms with Gasteiger partial charge in [-0.15, -0.1) is 0 Å². The number of rotatable bonds is 10. The molecular formula is C24H24BrFN2O3. The third-order valence-electron chi connectivity index (χ3n) is 4.40. The van der Waals surface area contributed by atoms with Crippen LogP contribution in [0.2, 0.25) is 0 Å². The maximum atomic E-state index is 13.1. The molecule has 0 atom stereocenters. The van der Waals surface area contributed by atoms with E-state index in [2.05, 4.69) is 26.5 Å². The van der Waals surface area contributed by atoms with E-state index in [1.807, 2.05) is 43.3 Å². The van der Waals surface area contributed by atoms with E-state index in [0.29, 0.717) is 31.3 Å². The fourth-order valence-electron chi connectivity index (χ4n) is 2.90. The van der Waals surface area contributed by atoms with Gasteiger partial charge in [0, 0.05) is 5.56 Å². The van der Waals surface area contributed by atoms with Gasteiger partial charge in [-0.25, -0.2) is 4.39 Å². The van der Waals surface area contributed by atoms with Gasteiger partial charge in [0.05, 0.1) is 30.9 Å². The monoisotopic (exact) mass is 486 g/mol. The van der Waals surface area contributed by atoms with E-state index in [0.717, 1.165) is 26.9 Å². The SMILES string of the molecule is CCOc1cc(/C=N/NCc2ccccc2OC)cc(Br)c1OCc1ccc(F)cc1. The Bertz CT molecular complexity index is 1030. The van der Waals surface area contributed by atoms with Crippen LogP contribution in [0.1, 0.15) is 23.6 Å². The minimum atomic E-state index is -0.275. The molecule has 0 aliphatic carbocycles. The third kappa shape index (κ3) is 6.46. The first-order chi connectivity index (χ1) is 15.1. The molecule has 0 spiro atoms. The summed E-state index contributed by atoms with van der Waals surface area (Å²) in [6.07, 6.45) is 1.71. The molecule has 162 valence electrons. The Balaban J connectivity index is 1.68. The molecule has 1 N–H and O–H groups in total. The number of para-hydroxylation sites is 1. The molecule has 0 aromatic heterocycles. The summed E-state index contributed by atoms with van der Waals surface area (Å²) >= 11 is 3.55. The predicted molar refractivity (Wildman–Crippen MR) is 123 cm³/mol. The van der Waals surface area contributed by atoms with Crippen LogP contribution in [0.3, 0.4) is 0 Å². The minimum absolute atomic E-state index is 0.275. The van der Waals surface area contributed by atoms with Crippen molar-refractivity contribution in [3.8, 4) is 17.2 Å². The van der Waals surface area contributed by atoms with Crippen LogP contribution in [0.15, 0.2) is 70.2 Å². The van der Waals surface area contributed by atoms with Crippen molar-refractivity contribution in [3.63, 3.8) is 0 Å². The normalized spacial score (nSPS) is 10.8. The standard InChI is InChI=1S/C24H24BrFN2O3/c1-3-30-23-13-18(14-27-28-15-19-6-4-5-7-22(19)29-2)12-21(25)24(23)31-16-17-8-10-20(26)11-9-17/h4-14,28H,3,15-16H2,1-2H3/b27-14+. The number of hydrogen-bond acceptors (Lipinski definition) is 5. The van der Waals surface area contributed by atoms with Gasteiger partial charge >= 0.3 is 0 Å². The first-order valence-corrected chi connectivity index (χ1v) is 10.6. The highest BCUT2D eigenvalue weighted by Gasteiger charge is 2.12. The number of hydrazone groups is 1. The first-order valence-electron chi connectivity index (χ1n) is 9.82. The van der Waals surface area contributed by atoms with Crippen LogP contribution in [0, 0.1) is 5.82 Å². The van der Waals surface area contributed by atoms with Gasteiger partial charge in [0.1, 0.15) is 18.2 Å². The number of benzene rings is 3. The Labute approximate surface area is 190 Å². The van der Waals surface area contributed by atoms with Crippen LogP contribution in [0.25, 0.3) is 0 Å². The van der Waals surface area contributed by atoms with Gasteiger partial charge in [0.2, 0.25) is 0 Å². The Morgan fingerprint density at radius 2 is 1.81 bits per heavy atom. The number of nitrogens with one attached hydrogen (secondary N) is 1. The van der Waals surface area contributed by atoms with E-state index in [1.54, 1.807) is 25.5 Å². The van der Waals surface area contributed by atoms with Gasteiger partial charge in [-0.1, -0.05) is 30.3 Å². The lowest BCUT2D eigenvalue weighted by Gasteiger charge is -2.14. The molecule has 0 radical (unpaired) electrons. The molecule has 0 fully saturated rings. The van der Waals surface area contributed by atoms with E-state index >= 15 is 0 Å². The van der Waals surface area contributed by atoms with Crippen molar-refractivity contribution in [1.82, 2.24) is 5.43 Å². The topological polar surface area (TPSA) is 52.1 Å². The molecule has 0 unspecified atom stereocenters. The molecule has 0 bridgehead atoms. The molecule has 0 saturated heterocycles. The average molecular weight is 487 g/mol. The maximum absolute atomic E-state index is 13.1. The van der Waals surface area contributed by atoms with Gasteiger partial charge in [-0.3, -0.25) is 0 Å². The zero-order chi connectivity index (χ0) is 22.1. The van der Waals surface area contributed by atoms with E-state index in [-0.39, 0.29) is 5.82 Å². The highest BCUT2D eigenvalue weighted by Crippen LogP contribution is 2.37. The van der Waals surface area contributed by atoms with Crippen molar-refractivity contribution in [2.45, 2.75) is 20.1 Å². The summed E-state index contributed by atoms with van der Waals surface area (Å²) in [7, 11) is 1.65. The van der Waals surface area contributed by atoms with Crippen LogP contribution < -0.4 is 19.6 Å². The summed E-state index contributed by atoms with van der Waals surface area (Å²) in [6.45, 7) is 3.24. The van der Waals surface area contributed by atoms with Gasteiger partial charge < -0.3 is 19.6 Å². The molecule has 3 rings (SSSR count). The average Bonchev–Trinajstić information content (AvgIpc) is 2.78. The van der Waals surface area contributed by atoms with Crippen molar-refractivity contribution in [2.24, 2.45) is 5.10 Å². The van der Waals surface area contributed by atoms with Crippen molar-refractivity contribution in [2.75, 3.05) is 13.7 Å². The van der Waals surface area contributed by atoms with Crippen molar-refractivity contribution < 1.29 is 18.6 Å². The Hall–Kier alpha value is -3.06. The molecule has 0 heterocycles. The van der Waals surface area contributed by atoms with E-state index in [1.165, 1.54) is 12.1 Å². The first kappa shape index (κ1) is 22.6. The Morgan fingerprint density at radius 3 is 2.55 bits per heavy atom. The van der Waals surface area contributed by atoms with Gasteiger partial charge in [-0.2, -0.15) is 5.10 Å². The lowest BCUT2D eigenvalue weighted by molar-refractivity contribution is 0.267. The third-order valence-corrected chi connectivity index (χ3v) is 4.98. The molecule has 31 heavy (non-hydrogen) atoms. The fourth-order valence-corrected chi connectivity index (χ4v) is 3.48. The molecule has 3 aromatic carbocycles. The number of ether oxygens (including phenoxy) is 3. The number of hydrogen-bond donors (Lipinski definition) is 1. The van der Waals surface area contributed by atoms with Crippen LogP contribution in [-0.2, 0) is 13.2 Å². The maximum Gasteiger partial charge on any atom is 0.175 e. The summed E-state index contributed by atoms with van der Waals surface area (Å²) in [5.74, 6) is 1.73. The largest absolute Gasteiger partial charge is 0.496 e. The zero-order valence-electron chi connectivity index (χ0n) is 17.4. The fraction of sp³-hybridized carbons (Fsp3) is 0.208.